The van der Waals surface area contributed by atoms with Crippen LogP contribution in [-0.2, 0) is 0 Å². The molecule has 2 aromatic carbocycles. The van der Waals surface area contributed by atoms with Crippen LogP contribution in [0.2, 0.25) is 0 Å². The summed E-state index contributed by atoms with van der Waals surface area (Å²) in [5.74, 6) is 1.61. The maximum atomic E-state index is 11.3. The largest absolute Gasteiger partial charge is 0.491 e. The Balaban J connectivity index is 1.36. The molecule has 1 aromatic heterocycles. The van der Waals surface area contributed by atoms with Crippen molar-refractivity contribution in [3.63, 3.8) is 0 Å². The van der Waals surface area contributed by atoms with Crippen molar-refractivity contribution in [3.8, 4) is 5.75 Å². The van der Waals surface area contributed by atoms with E-state index in [1.165, 1.54) is 11.0 Å². The highest BCUT2D eigenvalue weighted by Crippen LogP contribution is 2.18. The summed E-state index contributed by atoms with van der Waals surface area (Å²) in [6, 6.07) is 18.9. The zero-order chi connectivity index (χ0) is 18.2. The molecule has 0 amide bonds. The van der Waals surface area contributed by atoms with E-state index in [2.05, 4.69) is 22.4 Å². The summed E-state index contributed by atoms with van der Waals surface area (Å²) in [7, 11) is 0. The summed E-state index contributed by atoms with van der Waals surface area (Å²) < 4.78 is 5.65. The van der Waals surface area contributed by atoms with Crippen LogP contribution in [0.3, 0.4) is 0 Å². The monoisotopic (exact) mass is 370 g/mol. The molecule has 0 aliphatic heterocycles. The van der Waals surface area contributed by atoms with E-state index in [-0.39, 0.29) is 12.2 Å². The van der Waals surface area contributed by atoms with Crippen molar-refractivity contribution in [1.82, 2.24) is 10.3 Å². The minimum atomic E-state index is -0.581. The molecule has 3 aromatic rings. The average Bonchev–Trinajstić information content (AvgIpc) is 2.67. The van der Waals surface area contributed by atoms with Crippen molar-refractivity contribution in [2.75, 3.05) is 25.4 Å². The van der Waals surface area contributed by atoms with Gasteiger partial charge in [-0.2, -0.15) is 0 Å². The molecule has 3 N–H and O–H groups in total. The van der Waals surface area contributed by atoms with E-state index >= 15 is 0 Å². The Morgan fingerprint density at radius 1 is 1.12 bits per heavy atom. The van der Waals surface area contributed by atoms with Crippen LogP contribution in [0, 0.1) is 0 Å². The smallest absolute Gasteiger partial charge is 0.248 e. The lowest BCUT2D eigenvalue weighted by atomic mass is 10.2. The van der Waals surface area contributed by atoms with E-state index in [1.54, 1.807) is 30.0 Å². The number of fused-ring (bicyclic) bond motifs is 1. The summed E-state index contributed by atoms with van der Waals surface area (Å²) in [4.78, 5) is 15.3. The highest BCUT2D eigenvalue weighted by molar-refractivity contribution is 7.99. The normalized spacial score (nSPS) is 12.2. The molecule has 0 bridgehead atoms. The number of nitrogens with one attached hydrogen (secondary N) is 2. The summed E-state index contributed by atoms with van der Waals surface area (Å²) in [5, 5.41) is 14.2. The van der Waals surface area contributed by atoms with Gasteiger partial charge in [0.05, 0.1) is 0 Å². The summed E-state index contributed by atoms with van der Waals surface area (Å²) in [6.45, 7) is 1.52. The number of hydrogen-bond donors (Lipinski definition) is 3. The predicted molar refractivity (Wildman–Crippen MR) is 106 cm³/mol. The molecule has 5 nitrogen and oxygen atoms in total. The first kappa shape index (κ1) is 18.5. The Hall–Kier alpha value is -2.28. The van der Waals surface area contributed by atoms with Crippen LogP contribution in [0.4, 0.5) is 0 Å². The third-order valence-electron chi connectivity index (χ3n) is 3.81. The highest BCUT2D eigenvalue weighted by atomic mass is 32.2. The van der Waals surface area contributed by atoms with Crippen molar-refractivity contribution >= 4 is 22.7 Å². The molecule has 0 fully saturated rings. The van der Waals surface area contributed by atoms with Gasteiger partial charge in [0.25, 0.3) is 0 Å². The fourth-order valence-corrected chi connectivity index (χ4v) is 3.33. The van der Waals surface area contributed by atoms with Crippen LogP contribution in [0.5, 0.6) is 5.75 Å². The number of benzene rings is 2. The molecule has 0 radical (unpaired) electrons. The third-order valence-corrected chi connectivity index (χ3v) is 4.82. The van der Waals surface area contributed by atoms with Gasteiger partial charge in [0, 0.05) is 40.7 Å². The van der Waals surface area contributed by atoms with E-state index < -0.39 is 6.10 Å². The number of aliphatic hydroxyl groups is 1. The van der Waals surface area contributed by atoms with Crippen molar-refractivity contribution in [2.24, 2.45) is 0 Å². The Morgan fingerprint density at radius 3 is 2.81 bits per heavy atom. The van der Waals surface area contributed by atoms with E-state index in [1.807, 2.05) is 24.3 Å². The molecule has 26 heavy (non-hydrogen) atoms. The zero-order valence-corrected chi connectivity index (χ0v) is 15.2. The lowest BCUT2D eigenvalue weighted by molar-refractivity contribution is 0.107. The first-order chi connectivity index (χ1) is 12.7. The Morgan fingerprint density at radius 2 is 1.96 bits per heavy atom. The number of thioether (sulfide) groups is 1. The van der Waals surface area contributed by atoms with Crippen molar-refractivity contribution in [2.45, 2.75) is 11.0 Å². The second kappa shape index (κ2) is 9.43. The van der Waals surface area contributed by atoms with Crippen molar-refractivity contribution in [1.29, 1.82) is 0 Å². The molecule has 0 spiro atoms. The highest BCUT2D eigenvalue weighted by Gasteiger charge is 2.06. The van der Waals surface area contributed by atoms with E-state index in [9.17, 15) is 9.90 Å². The number of H-pyrrole nitrogens is 1. The SMILES string of the molecule is O=c1ccc2cc(OCC(O)CNCCSc3ccccc3)ccc2[nH]1. The average molecular weight is 370 g/mol. The fourth-order valence-electron chi connectivity index (χ4n) is 2.50. The third kappa shape index (κ3) is 5.62. The number of rotatable bonds is 9. The molecular weight excluding hydrogens is 348 g/mol. The van der Waals surface area contributed by atoms with Crippen LogP contribution in [0.1, 0.15) is 0 Å². The van der Waals surface area contributed by atoms with Crippen LogP contribution < -0.4 is 15.6 Å². The molecule has 0 saturated carbocycles. The standard InChI is InChI=1S/C20H22N2O3S/c23-16(13-21-10-11-26-18-4-2-1-3-5-18)14-25-17-7-8-19-15(12-17)6-9-20(24)22-19/h1-9,12,16,21,23H,10-11,13-14H2,(H,22,24). The summed E-state index contributed by atoms with van der Waals surface area (Å²) in [5.41, 5.74) is 0.640. The maximum Gasteiger partial charge on any atom is 0.248 e. The van der Waals surface area contributed by atoms with E-state index in [0.29, 0.717) is 12.3 Å². The molecule has 1 heterocycles. The number of hydrogen-bond acceptors (Lipinski definition) is 5. The summed E-state index contributed by atoms with van der Waals surface area (Å²) in [6.07, 6.45) is -0.581. The lowest BCUT2D eigenvalue weighted by Crippen LogP contribution is -2.32. The predicted octanol–water partition coefficient (Wildman–Crippen LogP) is 2.65. The van der Waals surface area contributed by atoms with Gasteiger partial charge >= 0.3 is 0 Å². The van der Waals surface area contributed by atoms with Crippen LogP contribution in [-0.4, -0.2) is 41.6 Å². The van der Waals surface area contributed by atoms with E-state index in [0.717, 1.165) is 23.2 Å². The first-order valence-electron chi connectivity index (χ1n) is 8.53. The maximum absolute atomic E-state index is 11.3. The van der Waals surface area contributed by atoms with Crippen molar-refractivity contribution < 1.29 is 9.84 Å². The minimum absolute atomic E-state index is 0.127. The molecule has 0 saturated heterocycles. The molecule has 0 aliphatic carbocycles. The minimum Gasteiger partial charge on any atom is -0.491 e. The molecule has 136 valence electrons. The van der Waals surface area contributed by atoms with Gasteiger partial charge in [0.15, 0.2) is 0 Å². The molecule has 0 aliphatic rings. The van der Waals surface area contributed by atoms with Gasteiger partial charge in [-0.3, -0.25) is 4.79 Å². The Kier molecular flexibility index (Phi) is 6.71. The number of ether oxygens (including phenoxy) is 1. The van der Waals surface area contributed by atoms with Crippen LogP contribution in [0.15, 0.2) is 70.4 Å². The number of aliphatic hydroxyl groups excluding tert-OH is 1. The molecule has 3 rings (SSSR count). The van der Waals surface area contributed by atoms with Gasteiger partial charge in [-0.15, -0.1) is 11.8 Å². The van der Waals surface area contributed by atoms with Gasteiger partial charge in [-0.05, 0) is 36.4 Å². The molecule has 6 heteroatoms. The molecule has 1 atom stereocenters. The molecule has 1 unspecified atom stereocenters. The van der Waals surface area contributed by atoms with Crippen molar-refractivity contribution in [3.05, 3.63) is 71.0 Å². The van der Waals surface area contributed by atoms with Gasteiger partial charge in [-0.1, -0.05) is 18.2 Å². The van der Waals surface area contributed by atoms with Gasteiger partial charge in [0.2, 0.25) is 5.56 Å². The van der Waals surface area contributed by atoms with Crippen LogP contribution >= 0.6 is 11.8 Å². The topological polar surface area (TPSA) is 74.3 Å². The number of aromatic amines is 1. The quantitative estimate of drug-likeness (QED) is 0.399. The Bertz CT molecular complexity index is 883. The van der Waals surface area contributed by atoms with Crippen LogP contribution in [0.25, 0.3) is 10.9 Å². The zero-order valence-electron chi connectivity index (χ0n) is 14.4. The number of pyridine rings is 1. The molecular formula is C20H22N2O3S. The first-order valence-corrected chi connectivity index (χ1v) is 9.52. The second-order valence-electron chi connectivity index (χ2n) is 5.90. The Labute approximate surface area is 156 Å². The second-order valence-corrected chi connectivity index (χ2v) is 7.07. The van der Waals surface area contributed by atoms with Gasteiger partial charge < -0.3 is 20.1 Å². The number of aromatic nitrogens is 1. The fraction of sp³-hybridized carbons (Fsp3) is 0.250. The van der Waals surface area contributed by atoms with Gasteiger partial charge in [0.1, 0.15) is 18.5 Å². The van der Waals surface area contributed by atoms with Gasteiger partial charge in [-0.25, -0.2) is 0 Å². The summed E-state index contributed by atoms with van der Waals surface area (Å²) >= 11 is 1.78. The van der Waals surface area contributed by atoms with E-state index in [4.69, 9.17) is 4.74 Å². The lowest BCUT2D eigenvalue weighted by Gasteiger charge is -2.13.